The van der Waals surface area contributed by atoms with E-state index in [0.717, 1.165) is 45.4 Å². The third kappa shape index (κ3) is 4.15. The number of hydrogen-bond acceptors (Lipinski definition) is 6. The van der Waals surface area contributed by atoms with Crippen LogP contribution in [0, 0.1) is 6.92 Å². The van der Waals surface area contributed by atoms with Gasteiger partial charge >= 0.3 is 0 Å². The molecule has 0 saturated heterocycles. The maximum atomic E-state index is 14.0. The van der Waals surface area contributed by atoms with Crippen molar-refractivity contribution in [2.24, 2.45) is 4.36 Å². The van der Waals surface area contributed by atoms with E-state index in [0.29, 0.717) is 5.92 Å². The zero-order valence-corrected chi connectivity index (χ0v) is 19.7. The topological polar surface area (TPSA) is 83.0 Å². The van der Waals surface area contributed by atoms with Crippen LogP contribution in [0.4, 0.5) is 11.5 Å². The second kappa shape index (κ2) is 8.39. The number of aryl methyl sites for hydroxylation is 1. The molecule has 31 heavy (non-hydrogen) atoms. The first-order valence-electron chi connectivity index (χ1n) is 11.1. The van der Waals surface area contributed by atoms with Crippen LogP contribution >= 0.6 is 11.3 Å². The molecule has 3 aromatic rings. The Labute approximate surface area is 188 Å². The zero-order chi connectivity index (χ0) is 21.4. The molecule has 6 nitrogen and oxygen atoms in total. The number of nitrogens with zero attached hydrogens (tertiary/aromatic N) is 3. The molecule has 0 amide bonds. The predicted octanol–water partition coefficient (Wildman–Crippen LogP) is 6.25. The molecular weight excluding hydrogens is 426 g/mol. The van der Waals surface area contributed by atoms with Crippen molar-refractivity contribution in [3.8, 4) is 10.4 Å². The standard InChI is InChI=1S/C23H29N5OS2/c1-15-12-22(28-27-15)26-17-8-11-19(21(13-17)31(29,24-2)18-9-10-18)20-14-25-23(30-20)16-6-4-3-5-7-16/h8,11-14,16,18H,3-7,9-10H2,1-2H3,(H2,26,27,28). The van der Waals surface area contributed by atoms with Crippen LogP contribution in [0.3, 0.4) is 0 Å². The Morgan fingerprint density at radius 2 is 1.97 bits per heavy atom. The molecule has 8 heteroatoms. The van der Waals surface area contributed by atoms with Crippen molar-refractivity contribution in [2.75, 3.05) is 12.4 Å². The fourth-order valence-corrected chi connectivity index (χ4v) is 8.05. The molecule has 164 valence electrons. The minimum atomic E-state index is -2.48. The molecule has 2 saturated carbocycles. The van der Waals surface area contributed by atoms with Crippen LogP contribution in [0.15, 0.2) is 39.7 Å². The molecule has 1 unspecified atom stereocenters. The van der Waals surface area contributed by atoms with E-state index in [1.54, 1.807) is 18.4 Å². The van der Waals surface area contributed by atoms with Gasteiger partial charge in [0.2, 0.25) is 0 Å². The van der Waals surface area contributed by atoms with Crippen molar-refractivity contribution in [2.45, 2.75) is 67.9 Å². The second-order valence-corrected chi connectivity index (χ2v) is 12.3. The van der Waals surface area contributed by atoms with Gasteiger partial charge in [-0.2, -0.15) is 5.10 Å². The quantitative estimate of drug-likeness (QED) is 0.460. The van der Waals surface area contributed by atoms with Gasteiger partial charge in [-0.05, 0) is 44.7 Å². The minimum absolute atomic E-state index is 0.143. The number of aromatic amines is 1. The average Bonchev–Trinajstić information content (AvgIpc) is 3.41. The van der Waals surface area contributed by atoms with Crippen LogP contribution in [0.2, 0.25) is 0 Å². The van der Waals surface area contributed by atoms with Gasteiger partial charge in [0.15, 0.2) is 5.82 Å². The Bertz CT molecular complexity index is 1190. The number of thiazole rings is 1. The van der Waals surface area contributed by atoms with Crippen LogP contribution in [-0.4, -0.2) is 31.7 Å². The van der Waals surface area contributed by atoms with Crippen molar-refractivity contribution >= 4 is 32.6 Å². The SMILES string of the molecule is CN=S(=O)(c1cc(Nc2cc(C)[nH]n2)ccc1-c1cnc(C2CCCCC2)s1)C1CC1. The van der Waals surface area contributed by atoms with E-state index >= 15 is 0 Å². The van der Waals surface area contributed by atoms with E-state index in [2.05, 4.69) is 25.9 Å². The van der Waals surface area contributed by atoms with Crippen LogP contribution in [0.25, 0.3) is 10.4 Å². The van der Waals surface area contributed by atoms with E-state index in [-0.39, 0.29) is 5.25 Å². The van der Waals surface area contributed by atoms with E-state index in [1.807, 2.05) is 31.3 Å². The molecule has 2 fully saturated rings. The maximum absolute atomic E-state index is 14.0. The molecule has 5 rings (SSSR count). The molecule has 1 aromatic carbocycles. The summed E-state index contributed by atoms with van der Waals surface area (Å²) in [6, 6.07) is 8.07. The number of H-pyrrole nitrogens is 1. The summed E-state index contributed by atoms with van der Waals surface area (Å²) in [4.78, 5) is 6.70. The number of aromatic nitrogens is 3. The Hall–Kier alpha value is -2.19. The molecule has 2 heterocycles. The Morgan fingerprint density at radius 1 is 1.16 bits per heavy atom. The van der Waals surface area contributed by atoms with Gasteiger partial charge in [0.05, 0.1) is 24.5 Å². The predicted molar refractivity (Wildman–Crippen MR) is 128 cm³/mol. The van der Waals surface area contributed by atoms with Gasteiger partial charge in [0.1, 0.15) is 0 Å². The first kappa shape index (κ1) is 20.7. The van der Waals surface area contributed by atoms with Gasteiger partial charge in [-0.15, -0.1) is 11.3 Å². The van der Waals surface area contributed by atoms with Gasteiger partial charge in [-0.1, -0.05) is 25.3 Å². The number of hydrogen-bond donors (Lipinski definition) is 2. The minimum Gasteiger partial charge on any atom is -0.339 e. The van der Waals surface area contributed by atoms with Crippen LogP contribution < -0.4 is 5.32 Å². The van der Waals surface area contributed by atoms with Gasteiger partial charge in [-0.3, -0.25) is 5.10 Å². The molecule has 2 aromatic heterocycles. The van der Waals surface area contributed by atoms with Gasteiger partial charge in [-0.25, -0.2) is 13.6 Å². The lowest BCUT2D eigenvalue weighted by molar-refractivity contribution is 0.442. The highest BCUT2D eigenvalue weighted by molar-refractivity contribution is 7.94. The molecule has 0 spiro atoms. The summed E-state index contributed by atoms with van der Waals surface area (Å²) in [5.41, 5.74) is 2.87. The highest BCUT2D eigenvalue weighted by Crippen LogP contribution is 2.43. The second-order valence-electron chi connectivity index (χ2n) is 8.62. The van der Waals surface area contributed by atoms with Crippen molar-refractivity contribution in [1.29, 1.82) is 0 Å². The van der Waals surface area contributed by atoms with E-state index < -0.39 is 9.73 Å². The summed E-state index contributed by atoms with van der Waals surface area (Å²) in [7, 11) is -0.783. The first-order valence-corrected chi connectivity index (χ1v) is 13.5. The van der Waals surface area contributed by atoms with Crippen molar-refractivity contribution < 1.29 is 4.21 Å². The van der Waals surface area contributed by atoms with Crippen LogP contribution in [0.5, 0.6) is 0 Å². The van der Waals surface area contributed by atoms with E-state index in [4.69, 9.17) is 4.98 Å². The number of anilines is 2. The maximum Gasteiger partial charge on any atom is 0.152 e. The Balaban J connectivity index is 1.55. The zero-order valence-electron chi connectivity index (χ0n) is 18.1. The summed E-state index contributed by atoms with van der Waals surface area (Å²) < 4.78 is 18.4. The number of benzene rings is 1. The number of nitrogens with one attached hydrogen (secondary N) is 2. The Morgan fingerprint density at radius 3 is 2.65 bits per heavy atom. The lowest BCUT2D eigenvalue weighted by Crippen LogP contribution is -2.09. The van der Waals surface area contributed by atoms with E-state index in [1.165, 1.54) is 37.1 Å². The lowest BCUT2D eigenvalue weighted by Gasteiger charge is -2.19. The molecule has 0 radical (unpaired) electrons. The van der Waals surface area contributed by atoms with Gasteiger partial charge in [0, 0.05) is 47.4 Å². The summed E-state index contributed by atoms with van der Waals surface area (Å²) in [6.45, 7) is 1.97. The molecule has 1 atom stereocenters. The summed E-state index contributed by atoms with van der Waals surface area (Å²) in [6.07, 6.45) is 10.3. The Kier molecular flexibility index (Phi) is 5.60. The molecule has 2 aliphatic carbocycles. The third-order valence-electron chi connectivity index (χ3n) is 6.27. The van der Waals surface area contributed by atoms with Crippen molar-refractivity contribution in [3.63, 3.8) is 0 Å². The van der Waals surface area contributed by atoms with Gasteiger partial charge < -0.3 is 5.32 Å². The monoisotopic (exact) mass is 455 g/mol. The molecular formula is C23H29N5OS2. The fraction of sp³-hybridized carbons (Fsp3) is 0.478. The largest absolute Gasteiger partial charge is 0.339 e. The molecule has 2 aliphatic rings. The van der Waals surface area contributed by atoms with E-state index in [9.17, 15) is 4.21 Å². The van der Waals surface area contributed by atoms with Crippen LogP contribution in [0.1, 0.15) is 61.6 Å². The highest BCUT2D eigenvalue weighted by atomic mass is 32.2. The lowest BCUT2D eigenvalue weighted by atomic mass is 9.90. The molecule has 0 bridgehead atoms. The first-order chi connectivity index (χ1) is 15.1. The number of rotatable bonds is 6. The summed E-state index contributed by atoms with van der Waals surface area (Å²) in [5.74, 6) is 1.32. The third-order valence-corrected chi connectivity index (χ3v) is 10.3. The molecule has 2 N–H and O–H groups in total. The smallest absolute Gasteiger partial charge is 0.152 e. The summed E-state index contributed by atoms with van der Waals surface area (Å²) >= 11 is 1.76. The van der Waals surface area contributed by atoms with Crippen LogP contribution in [-0.2, 0) is 9.73 Å². The highest BCUT2D eigenvalue weighted by Gasteiger charge is 2.36. The van der Waals surface area contributed by atoms with Gasteiger partial charge in [0.25, 0.3) is 0 Å². The summed E-state index contributed by atoms with van der Waals surface area (Å²) in [5, 5.41) is 11.9. The normalized spacial score (nSPS) is 19.2. The van der Waals surface area contributed by atoms with Crippen molar-refractivity contribution in [1.82, 2.24) is 15.2 Å². The molecule has 0 aliphatic heterocycles. The fourth-order valence-electron chi connectivity index (χ4n) is 4.44. The van der Waals surface area contributed by atoms with Crippen molar-refractivity contribution in [3.05, 3.63) is 41.2 Å². The average molecular weight is 456 g/mol.